The molecule has 1 N–H and O–H groups in total. The molecule has 1 unspecified atom stereocenters. The molecule has 0 aromatic heterocycles. The van der Waals surface area contributed by atoms with Gasteiger partial charge < -0.3 is 19.9 Å². The Kier molecular flexibility index (Phi) is 5.90. The van der Waals surface area contributed by atoms with Crippen LogP contribution in [-0.2, 0) is 10.9 Å². The highest BCUT2D eigenvalue weighted by molar-refractivity contribution is 5.80. The number of ether oxygens (including phenoxy) is 1. The Morgan fingerprint density at radius 1 is 1.27 bits per heavy atom. The summed E-state index contributed by atoms with van der Waals surface area (Å²) < 4.78 is 44.3. The molecule has 144 valence electrons. The Balaban J connectivity index is 1.54. The molecule has 0 aliphatic carbocycles. The zero-order valence-electron chi connectivity index (χ0n) is 14.9. The summed E-state index contributed by atoms with van der Waals surface area (Å²) >= 11 is 0. The van der Waals surface area contributed by atoms with E-state index in [-0.39, 0.29) is 6.10 Å². The number of benzene rings is 1. The van der Waals surface area contributed by atoms with Crippen LogP contribution < -0.4 is 10.2 Å². The van der Waals surface area contributed by atoms with Gasteiger partial charge >= 0.3 is 6.18 Å². The Bertz CT molecular complexity index is 621. The summed E-state index contributed by atoms with van der Waals surface area (Å²) in [7, 11) is 1.75. The van der Waals surface area contributed by atoms with Crippen LogP contribution >= 0.6 is 0 Å². The highest BCUT2D eigenvalue weighted by Gasteiger charge is 2.31. The largest absolute Gasteiger partial charge is 0.416 e. The molecule has 3 rings (SSSR count). The van der Waals surface area contributed by atoms with Crippen molar-refractivity contribution in [2.75, 3.05) is 51.3 Å². The standard InChI is InChI=1S/C18H25F3N4O/c1-22-17(23-13-16-6-3-11-26-16)25-9-7-24(8-10-25)15-5-2-4-14(12-15)18(19,20)21/h2,4-5,12,16H,3,6-11,13H2,1H3,(H,22,23). The van der Waals surface area contributed by atoms with E-state index in [2.05, 4.69) is 15.2 Å². The smallest absolute Gasteiger partial charge is 0.376 e. The third-order valence-electron chi connectivity index (χ3n) is 4.84. The number of rotatable bonds is 3. The van der Waals surface area contributed by atoms with Crippen LogP contribution in [0, 0.1) is 0 Å². The number of hydrogen-bond donors (Lipinski definition) is 1. The highest BCUT2D eigenvalue weighted by Crippen LogP contribution is 2.31. The van der Waals surface area contributed by atoms with Crippen molar-refractivity contribution in [1.82, 2.24) is 10.2 Å². The molecule has 0 saturated carbocycles. The quantitative estimate of drug-likeness (QED) is 0.656. The van der Waals surface area contributed by atoms with E-state index in [9.17, 15) is 13.2 Å². The van der Waals surface area contributed by atoms with Crippen molar-refractivity contribution in [2.45, 2.75) is 25.1 Å². The van der Waals surface area contributed by atoms with Crippen LogP contribution in [-0.4, -0.2) is 63.3 Å². The van der Waals surface area contributed by atoms with Crippen molar-refractivity contribution >= 4 is 11.6 Å². The molecular formula is C18H25F3N4O. The predicted octanol–water partition coefficient (Wildman–Crippen LogP) is 2.58. The fourth-order valence-electron chi connectivity index (χ4n) is 3.40. The molecule has 0 bridgehead atoms. The van der Waals surface area contributed by atoms with Gasteiger partial charge in [0.15, 0.2) is 5.96 Å². The molecule has 0 spiro atoms. The molecule has 2 aliphatic rings. The van der Waals surface area contributed by atoms with Crippen molar-refractivity contribution in [3.8, 4) is 0 Å². The van der Waals surface area contributed by atoms with Crippen LogP contribution in [0.1, 0.15) is 18.4 Å². The number of hydrogen-bond acceptors (Lipinski definition) is 3. The van der Waals surface area contributed by atoms with Crippen LogP contribution in [0.2, 0.25) is 0 Å². The third-order valence-corrected chi connectivity index (χ3v) is 4.84. The maximum Gasteiger partial charge on any atom is 0.416 e. The van der Waals surface area contributed by atoms with Gasteiger partial charge in [0, 0.05) is 52.1 Å². The molecule has 2 heterocycles. The van der Waals surface area contributed by atoms with Gasteiger partial charge in [-0.1, -0.05) is 6.07 Å². The summed E-state index contributed by atoms with van der Waals surface area (Å²) in [4.78, 5) is 8.45. The van der Waals surface area contributed by atoms with E-state index in [0.29, 0.717) is 31.9 Å². The molecule has 5 nitrogen and oxygen atoms in total. The number of halogens is 3. The minimum absolute atomic E-state index is 0.234. The summed E-state index contributed by atoms with van der Waals surface area (Å²) in [6, 6.07) is 5.53. The highest BCUT2D eigenvalue weighted by atomic mass is 19.4. The number of aliphatic imine (C=N–C) groups is 1. The van der Waals surface area contributed by atoms with E-state index in [1.807, 2.05) is 4.90 Å². The maximum atomic E-state index is 12.9. The monoisotopic (exact) mass is 370 g/mol. The Hall–Kier alpha value is -1.96. The molecule has 2 saturated heterocycles. The fraction of sp³-hybridized carbons (Fsp3) is 0.611. The molecular weight excluding hydrogens is 345 g/mol. The van der Waals surface area contributed by atoms with Gasteiger partial charge in [0.05, 0.1) is 11.7 Å². The topological polar surface area (TPSA) is 40.1 Å². The van der Waals surface area contributed by atoms with Gasteiger partial charge in [-0.2, -0.15) is 13.2 Å². The lowest BCUT2D eigenvalue weighted by atomic mass is 10.1. The minimum atomic E-state index is -4.31. The lowest BCUT2D eigenvalue weighted by molar-refractivity contribution is -0.137. The lowest BCUT2D eigenvalue weighted by Gasteiger charge is -2.38. The van der Waals surface area contributed by atoms with E-state index < -0.39 is 11.7 Å². The molecule has 2 aliphatic heterocycles. The number of piperazine rings is 1. The maximum absolute atomic E-state index is 12.9. The summed E-state index contributed by atoms with van der Waals surface area (Å²) in [6.07, 6.45) is -1.92. The average molecular weight is 370 g/mol. The van der Waals surface area contributed by atoms with E-state index in [1.165, 1.54) is 12.1 Å². The second kappa shape index (κ2) is 8.16. The van der Waals surface area contributed by atoms with Gasteiger partial charge in [0.1, 0.15) is 0 Å². The Morgan fingerprint density at radius 2 is 2.04 bits per heavy atom. The Morgan fingerprint density at radius 3 is 2.65 bits per heavy atom. The molecule has 26 heavy (non-hydrogen) atoms. The second-order valence-corrected chi connectivity index (χ2v) is 6.59. The van der Waals surface area contributed by atoms with Crippen molar-refractivity contribution < 1.29 is 17.9 Å². The number of alkyl halides is 3. The van der Waals surface area contributed by atoms with E-state index in [0.717, 1.165) is 38.0 Å². The molecule has 1 atom stereocenters. The van der Waals surface area contributed by atoms with Crippen LogP contribution in [0.5, 0.6) is 0 Å². The molecule has 1 aromatic carbocycles. The molecule has 0 amide bonds. The summed E-state index contributed by atoms with van der Waals surface area (Å²) in [6.45, 7) is 4.29. The van der Waals surface area contributed by atoms with Crippen LogP contribution in [0.25, 0.3) is 0 Å². The van der Waals surface area contributed by atoms with Crippen molar-refractivity contribution in [3.05, 3.63) is 29.8 Å². The normalized spacial score (nSPS) is 22.0. The number of nitrogens with one attached hydrogen (secondary N) is 1. The van der Waals surface area contributed by atoms with E-state index in [4.69, 9.17) is 4.74 Å². The zero-order valence-corrected chi connectivity index (χ0v) is 14.9. The first kappa shape index (κ1) is 18.8. The first-order chi connectivity index (χ1) is 12.5. The molecule has 0 radical (unpaired) electrons. The number of guanidine groups is 1. The van der Waals surface area contributed by atoms with Crippen LogP contribution in [0.4, 0.5) is 18.9 Å². The summed E-state index contributed by atoms with van der Waals surface area (Å²) in [5, 5.41) is 3.35. The predicted molar refractivity (Wildman–Crippen MR) is 95.6 cm³/mol. The summed E-state index contributed by atoms with van der Waals surface area (Å²) in [5.41, 5.74) is 0.00764. The van der Waals surface area contributed by atoms with Crippen molar-refractivity contribution in [1.29, 1.82) is 0 Å². The molecule has 2 fully saturated rings. The van der Waals surface area contributed by atoms with Gasteiger partial charge in [0.2, 0.25) is 0 Å². The van der Waals surface area contributed by atoms with Crippen molar-refractivity contribution in [3.63, 3.8) is 0 Å². The molecule has 1 aromatic rings. The summed E-state index contributed by atoms with van der Waals surface area (Å²) in [5.74, 6) is 0.823. The Labute approximate surface area is 151 Å². The van der Waals surface area contributed by atoms with Crippen LogP contribution in [0.3, 0.4) is 0 Å². The fourth-order valence-corrected chi connectivity index (χ4v) is 3.40. The minimum Gasteiger partial charge on any atom is -0.376 e. The zero-order chi connectivity index (χ0) is 18.6. The lowest BCUT2D eigenvalue weighted by Crippen LogP contribution is -2.53. The third kappa shape index (κ3) is 4.60. The van der Waals surface area contributed by atoms with Gasteiger partial charge in [-0.3, -0.25) is 4.99 Å². The first-order valence-corrected chi connectivity index (χ1v) is 8.97. The number of anilines is 1. The van der Waals surface area contributed by atoms with E-state index >= 15 is 0 Å². The number of nitrogens with zero attached hydrogens (tertiary/aromatic N) is 3. The first-order valence-electron chi connectivity index (χ1n) is 8.97. The van der Waals surface area contributed by atoms with E-state index in [1.54, 1.807) is 13.1 Å². The second-order valence-electron chi connectivity index (χ2n) is 6.59. The van der Waals surface area contributed by atoms with Gasteiger partial charge in [0.25, 0.3) is 0 Å². The molecule has 8 heteroatoms. The van der Waals surface area contributed by atoms with Gasteiger partial charge in [-0.15, -0.1) is 0 Å². The SMILES string of the molecule is CN=C(NCC1CCCO1)N1CCN(c2cccc(C(F)(F)F)c2)CC1. The van der Waals surface area contributed by atoms with Crippen molar-refractivity contribution in [2.24, 2.45) is 4.99 Å². The van der Waals surface area contributed by atoms with Gasteiger partial charge in [-0.05, 0) is 31.0 Å². The average Bonchev–Trinajstić information content (AvgIpc) is 3.16. The van der Waals surface area contributed by atoms with Gasteiger partial charge in [-0.25, -0.2) is 0 Å². The van der Waals surface area contributed by atoms with Crippen LogP contribution in [0.15, 0.2) is 29.3 Å².